The third-order valence-electron chi connectivity index (χ3n) is 7.46. The van der Waals surface area contributed by atoms with Gasteiger partial charge in [-0.05, 0) is 43.2 Å². The Morgan fingerprint density at radius 2 is 1.86 bits per heavy atom. The van der Waals surface area contributed by atoms with Gasteiger partial charge in [-0.3, -0.25) is 19.9 Å². The summed E-state index contributed by atoms with van der Waals surface area (Å²) in [5, 5.41) is 14.3. The number of nitrogens with zero attached hydrogens (tertiary/aromatic N) is 6. The van der Waals surface area contributed by atoms with Gasteiger partial charge in [0.25, 0.3) is 0 Å². The van der Waals surface area contributed by atoms with Gasteiger partial charge in [-0.25, -0.2) is 19.2 Å². The third kappa shape index (κ3) is 6.30. The van der Waals surface area contributed by atoms with Crippen LogP contribution in [0.25, 0.3) is 10.9 Å². The second kappa shape index (κ2) is 12.7. The summed E-state index contributed by atoms with van der Waals surface area (Å²) in [5.74, 6) is 0.840. The van der Waals surface area contributed by atoms with Crippen LogP contribution in [0.4, 0.5) is 26.5 Å². The van der Waals surface area contributed by atoms with Crippen LogP contribution >= 0.6 is 23.2 Å². The normalized spacial score (nSPS) is 16.2. The van der Waals surface area contributed by atoms with Crippen molar-refractivity contribution in [1.29, 1.82) is 0 Å². The number of halogens is 3. The molecule has 228 valence electrons. The van der Waals surface area contributed by atoms with E-state index in [0.717, 1.165) is 31.6 Å². The lowest BCUT2D eigenvalue weighted by Gasteiger charge is -2.32. The summed E-state index contributed by atoms with van der Waals surface area (Å²) >= 11 is 11.9. The van der Waals surface area contributed by atoms with Gasteiger partial charge in [0.15, 0.2) is 23.1 Å². The van der Waals surface area contributed by atoms with Gasteiger partial charge < -0.3 is 14.8 Å². The number of fused-ring (bicyclic) bond motifs is 1. The number of carbonyl (C=O) groups is 2. The van der Waals surface area contributed by atoms with Crippen LogP contribution in [0.1, 0.15) is 25.0 Å². The molecular formula is C29H27Cl2FN8O4. The third-order valence-corrected chi connectivity index (χ3v) is 8.24. The molecule has 6 rings (SSSR count). The first-order chi connectivity index (χ1) is 21.3. The van der Waals surface area contributed by atoms with Crippen molar-refractivity contribution in [3.05, 3.63) is 64.3 Å². The summed E-state index contributed by atoms with van der Waals surface area (Å²) in [6.45, 7) is 2.41. The fraction of sp³-hybridized carbons (Fsp3) is 0.310. The predicted molar refractivity (Wildman–Crippen MR) is 162 cm³/mol. The number of likely N-dealkylation sites (tertiary alicyclic amines) is 1. The zero-order chi connectivity index (χ0) is 30.8. The average molecular weight is 641 g/mol. The summed E-state index contributed by atoms with van der Waals surface area (Å²) in [4.78, 5) is 35.8. The molecule has 2 saturated heterocycles. The first kappa shape index (κ1) is 29.7. The van der Waals surface area contributed by atoms with Crippen LogP contribution in [0.3, 0.4) is 0 Å². The van der Waals surface area contributed by atoms with Gasteiger partial charge in [0.2, 0.25) is 5.91 Å². The Balaban J connectivity index is 1.10. The Morgan fingerprint density at radius 3 is 2.59 bits per heavy atom. The molecule has 0 saturated carbocycles. The molecule has 44 heavy (non-hydrogen) atoms. The van der Waals surface area contributed by atoms with Gasteiger partial charge >= 0.3 is 6.03 Å². The minimum atomic E-state index is -0.684. The van der Waals surface area contributed by atoms with E-state index in [-0.39, 0.29) is 40.7 Å². The average Bonchev–Trinajstić information content (AvgIpc) is 3.03. The molecule has 4 aromatic rings. The monoisotopic (exact) mass is 640 g/mol. The number of rotatable bonds is 8. The maximum absolute atomic E-state index is 14.7. The Labute approximate surface area is 261 Å². The van der Waals surface area contributed by atoms with Crippen molar-refractivity contribution in [2.45, 2.75) is 31.9 Å². The Bertz CT molecular complexity index is 1720. The van der Waals surface area contributed by atoms with E-state index in [1.807, 2.05) is 6.07 Å². The molecule has 15 heteroatoms. The largest absolute Gasteiger partial charge is 0.493 e. The van der Waals surface area contributed by atoms with Crippen LogP contribution in [-0.4, -0.2) is 69.9 Å². The van der Waals surface area contributed by atoms with Gasteiger partial charge in [-0.2, -0.15) is 5.10 Å². The maximum atomic E-state index is 14.7. The molecule has 2 aromatic heterocycles. The minimum Gasteiger partial charge on any atom is -0.493 e. The van der Waals surface area contributed by atoms with Crippen LogP contribution in [0.15, 0.2) is 42.7 Å². The number of methoxy groups -OCH3 is 1. The highest BCUT2D eigenvalue weighted by Crippen LogP contribution is 2.37. The summed E-state index contributed by atoms with van der Waals surface area (Å²) in [5.41, 5.74) is 1.48. The lowest BCUT2D eigenvalue weighted by molar-refractivity contribution is -0.120. The van der Waals surface area contributed by atoms with Crippen LogP contribution in [0.2, 0.25) is 10.0 Å². The molecule has 0 spiro atoms. The van der Waals surface area contributed by atoms with Gasteiger partial charge in [-0.1, -0.05) is 23.2 Å². The number of urea groups is 1. The predicted octanol–water partition coefficient (Wildman–Crippen LogP) is 5.11. The molecule has 0 atom stereocenters. The number of hydrogen-bond acceptors (Lipinski definition) is 10. The molecule has 12 nitrogen and oxygen atoms in total. The molecule has 4 heterocycles. The Hall–Kier alpha value is -4.33. The topological polar surface area (TPSA) is 135 Å². The standard InChI is InChI=1S/C29H27Cl2FN8O4/c1-43-22-13-21-18(28(34-15-33-21)35-20-4-3-19(30)26(31)27(20)32)12-23(22)44-17-6-9-39(10-7-17)14-16-2-5-24(38-37-16)40-11-8-25(41)36-29(40)42/h2-5,12-13,15,17H,6-11,14H2,1H3,(H,33,34,35)(H,36,41,42). The van der Waals surface area contributed by atoms with Crippen LogP contribution in [-0.2, 0) is 11.3 Å². The zero-order valence-corrected chi connectivity index (χ0v) is 25.0. The van der Waals surface area contributed by atoms with Gasteiger partial charge in [0.05, 0.1) is 34.1 Å². The van der Waals surface area contributed by atoms with E-state index < -0.39 is 11.8 Å². The maximum Gasteiger partial charge on any atom is 0.329 e. The van der Waals surface area contributed by atoms with Crippen LogP contribution in [0, 0.1) is 5.82 Å². The SMILES string of the molecule is COc1cc2ncnc(Nc3ccc(Cl)c(Cl)c3F)c2cc1OC1CCN(Cc2ccc(N3CCC(=O)NC3=O)nn2)CC1. The summed E-state index contributed by atoms with van der Waals surface area (Å²) < 4.78 is 26.7. The highest BCUT2D eigenvalue weighted by atomic mass is 35.5. The van der Waals surface area contributed by atoms with Gasteiger partial charge in [0, 0.05) is 44.1 Å². The first-order valence-electron chi connectivity index (χ1n) is 13.9. The van der Waals surface area contributed by atoms with E-state index in [1.165, 1.54) is 23.4 Å². The number of benzene rings is 2. The number of ether oxygens (including phenoxy) is 2. The van der Waals surface area contributed by atoms with E-state index in [4.69, 9.17) is 32.7 Å². The molecule has 2 aliphatic rings. The van der Waals surface area contributed by atoms with Crippen molar-refractivity contribution in [1.82, 2.24) is 30.4 Å². The quantitative estimate of drug-likeness (QED) is 0.250. The number of aromatic nitrogens is 4. The molecule has 2 fully saturated rings. The van der Waals surface area contributed by atoms with Crippen molar-refractivity contribution in [3.8, 4) is 11.5 Å². The lowest BCUT2D eigenvalue weighted by atomic mass is 10.1. The highest BCUT2D eigenvalue weighted by Gasteiger charge is 2.26. The molecule has 0 unspecified atom stereocenters. The van der Waals surface area contributed by atoms with E-state index >= 15 is 0 Å². The van der Waals surface area contributed by atoms with E-state index in [0.29, 0.717) is 40.6 Å². The highest BCUT2D eigenvalue weighted by molar-refractivity contribution is 6.42. The van der Waals surface area contributed by atoms with Crippen LogP contribution in [0.5, 0.6) is 11.5 Å². The van der Waals surface area contributed by atoms with Gasteiger partial charge in [-0.15, -0.1) is 5.10 Å². The molecular weight excluding hydrogens is 614 g/mol. The molecule has 2 N–H and O–H groups in total. The van der Waals surface area contributed by atoms with Crippen molar-refractivity contribution in [2.24, 2.45) is 0 Å². The summed E-state index contributed by atoms with van der Waals surface area (Å²) in [6.07, 6.45) is 3.06. The number of imide groups is 1. The minimum absolute atomic E-state index is 0.0695. The molecule has 0 aliphatic carbocycles. The summed E-state index contributed by atoms with van der Waals surface area (Å²) in [7, 11) is 1.56. The van der Waals surface area contributed by atoms with Crippen LogP contribution < -0.4 is 25.0 Å². The smallest absolute Gasteiger partial charge is 0.329 e. The molecule has 3 amide bonds. The molecule has 0 radical (unpaired) electrons. The number of piperidine rings is 1. The van der Waals surface area contributed by atoms with Gasteiger partial charge in [0.1, 0.15) is 18.2 Å². The van der Waals surface area contributed by atoms with E-state index in [9.17, 15) is 14.0 Å². The summed E-state index contributed by atoms with van der Waals surface area (Å²) in [6, 6.07) is 9.62. The van der Waals surface area contributed by atoms with E-state index in [2.05, 4.69) is 35.7 Å². The zero-order valence-electron chi connectivity index (χ0n) is 23.5. The van der Waals surface area contributed by atoms with Crippen molar-refractivity contribution >= 4 is 63.4 Å². The number of hydrogen-bond donors (Lipinski definition) is 2. The first-order valence-corrected chi connectivity index (χ1v) is 14.6. The molecule has 2 aliphatic heterocycles. The van der Waals surface area contributed by atoms with Crippen molar-refractivity contribution < 1.29 is 23.5 Å². The van der Waals surface area contributed by atoms with Crippen molar-refractivity contribution in [2.75, 3.05) is 37.0 Å². The second-order valence-electron chi connectivity index (χ2n) is 10.3. The fourth-order valence-electron chi connectivity index (χ4n) is 5.12. The molecule has 2 aromatic carbocycles. The lowest BCUT2D eigenvalue weighted by Crippen LogP contribution is -2.50. The number of anilines is 3. The van der Waals surface area contributed by atoms with E-state index in [1.54, 1.807) is 25.3 Å². The number of amides is 3. The molecule has 0 bridgehead atoms. The van der Waals surface area contributed by atoms with Crippen molar-refractivity contribution in [3.63, 3.8) is 0 Å². The number of carbonyl (C=O) groups excluding carboxylic acids is 2. The second-order valence-corrected chi connectivity index (χ2v) is 11.1. The number of nitrogens with one attached hydrogen (secondary N) is 2. The Kier molecular flexibility index (Phi) is 8.60. The fourth-order valence-corrected chi connectivity index (χ4v) is 5.43. The Morgan fingerprint density at radius 1 is 1.05 bits per heavy atom.